The molecule has 2 aromatic carbocycles. The molecule has 0 saturated carbocycles. The van der Waals surface area contributed by atoms with Gasteiger partial charge in [-0.15, -0.1) is 0 Å². The third kappa shape index (κ3) is 4.92. The standard InChI is InChI=1S/C21H24N8/c22-19-27-20(24-11-10-15-14-26-18-9-5-4-8-17(15)18)29-21(28-19)25-13-12-23-16-6-2-1-3-7-16/h1-9,14,23,26H,10-13H2,(H4,22,24,25,27,28,29). The van der Waals surface area contributed by atoms with E-state index in [1.165, 1.54) is 10.9 Å². The molecule has 0 unspecified atom stereocenters. The Hall–Kier alpha value is -3.81. The molecule has 148 valence electrons. The summed E-state index contributed by atoms with van der Waals surface area (Å²) in [7, 11) is 0. The van der Waals surface area contributed by atoms with Crippen molar-refractivity contribution in [2.24, 2.45) is 0 Å². The molecule has 4 aromatic rings. The van der Waals surface area contributed by atoms with Crippen molar-refractivity contribution in [2.45, 2.75) is 6.42 Å². The summed E-state index contributed by atoms with van der Waals surface area (Å²) in [5.41, 5.74) is 9.30. The summed E-state index contributed by atoms with van der Waals surface area (Å²) in [5.74, 6) is 1.12. The Balaban J connectivity index is 1.28. The van der Waals surface area contributed by atoms with Crippen LogP contribution < -0.4 is 21.7 Å². The van der Waals surface area contributed by atoms with Gasteiger partial charge < -0.3 is 26.7 Å². The zero-order chi connectivity index (χ0) is 19.9. The van der Waals surface area contributed by atoms with Crippen LogP contribution in [0.4, 0.5) is 23.5 Å². The largest absolute Gasteiger partial charge is 0.383 e. The van der Waals surface area contributed by atoms with Gasteiger partial charge in [-0.1, -0.05) is 36.4 Å². The van der Waals surface area contributed by atoms with Crippen LogP contribution >= 0.6 is 0 Å². The van der Waals surface area contributed by atoms with Crippen LogP contribution in [0.3, 0.4) is 0 Å². The molecule has 2 aromatic heterocycles. The molecule has 6 N–H and O–H groups in total. The van der Waals surface area contributed by atoms with Gasteiger partial charge in [0.2, 0.25) is 17.8 Å². The Labute approximate surface area is 169 Å². The number of nitrogens with one attached hydrogen (secondary N) is 4. The van der Waals surface area contributed by atoms with Crippen molar-refractivity contribution in [2.75, 3.05) is 41.3 Å². The Bertz CT molecular complexity index is 1060. The molecule has 8 heteroatoms. The van der Waals surface area contributed by atoms with Gasteiger partial charge in [-0.05, 0) is 30.2 Å². The number of nitrogen functional groups attached to an aromatic ring is 1. The summed E-state index contributed by atoms with van der Waals surface area (Å²) in [5, 5.41) is 11.0. The van der Waals surface area contributed by atoms with Crippen LogP contribution in [0.15, 0.2) is 60.8 Å². The van der Waals surface area contributed by atoms with E-state index in [9.17, 15) is 0 Å². The van der Waals surface area contributed by atoms with Crippen LogP contribution in [0.5, 0.6) is 0 Å². The smallest absolute Gasteiger partial charge is 0.229 e. The molecular formula is C21H24N8. The minimum absolute atomic E-state index is 0.188. The Morgan fingerprint density at radius 1 is 0.759 bits per heavy atom. The molecule has 0 bridgehead atoms. The molecule has 0 aliphatic heterocycles. The van der Waals surface area contributed by atoms with E-state index in [4.69, 9.17) is 5.73 Å². The van der Waals surface area contributed by atoms with Crippen LogP contribution in [0.25, 0.3) is 10.9 Å². The summed E-state index contributed by atoms with van der Waals surface area (Å²) < 4.78 is 0. The van der Waals surface area contributed by atoms with Gasteiger partial charge >= 0.3 is 0 Å². The number of rotatable bonds is 9. The van der Waals surface area contributed by atoms with E-state index in [1.807, 2.05) is 48.7 Å². The normalized spacial score (nSPS) is 10.8. The summed E-state index contributed by atoms with van der Waals surface area (Å²) in [6.07, 6.45) is 2.89. The Morgan fingerprint density at radius 3 is 2.28 bits per heavy atom. The van der Waals surface area contributed by atoms with Gasteiger partial charge in [0.15, 0.2) is 0 Å². The summed E-state index contributed by atoms with van der Waals surface area (Å²) >= 11 is 0. The molecular weight excluding hydrogens is 364 g/mol. The number of aromatic amines is 1. The fraction of sp³-hybridized carbons (Fsp3) is 0.190. The fourth-order valence-corrected chi connectivity index (χ4v) is 3.14. The number of nitrogens with two attached hydrogens (primary N) is 1. The van der Waals surface area contributed by atoms with Crippen LogP contribution in [0, 0.1) is 0 Å². The number of aromatic nitrogens is 4. The third-order valence-corrected chi connectivity index (χ3v) is 4.52. The maximum absolute atomic E-state index is 5.83. The molecule has 4 rings (SSSR count). The first-order valence-electron chi connectivity index (χ1n) is 9.61. The highest BCUT2D eigenvalue weighted by molar-refractivity contribution is 5.83. The number of anilines is 4. The third-order valence-electron chi connectivity index (χ3n) is 4.52. The highest BCUT2D eigenvalue weighted by atomic mass is 15.2. The molecule has 0 amide bonds. The van der Waals surface area contributed by atoms with Crippen LogP contribution in [0.1, 0.15) is 5.56 Å². The topological polar surface area (TPSA) is 117 Å². The zero-order valence-electron chi connectivity index (χ0n) is 16.0. The molecule has 0 spiro atoms. The van der Waals surface area contributed by atoms with E-state index in [-0.39, 0.29) is 5.95 Å². The van der Waals surface area contributed by atoms with Crippen molar-refractivity contribution in [1.82, 2.24) is 19.9 Å². The second kappa shape index (κ2) is 8.92. The molecule has 29 heavy (non-hydrogen) atoms. The number of fused-ring (bicyclic) bond motifs is 1. The van der Waals surface area contributed by atoms with E-state index >= 15 is 0 Å². The zero-order valence-corrected chi connectivity index (χ0v) is 16.0. The highest BCUT2D eigenvalue weighted by Crippen LogP contribution is 2.18. The van der Waals surface area contributed by atoms with Crippen molar-refractivity contribution in [1.29, 1.82) is 0 Å². The average molecular weight is 388 g/mol. The predicted octanol–water partition coefficient (Wildman–Crippen LogP) is 3.11. The van der Waals surface area contributed by atoms with E-state index in [0.717, 1.165) is 24.2 Å². The van der Waals surface area contributed by atoms with Crippen LogP contribution in [-0.4, -0.2) is 39.6 Å². The van der Waals surface area contributed by atoms with E-state index in [2.05, 4.69) is 48.0 Å². The molecule has 0 aliphatic rings. The number of hydrogen-bond donors (Lipinski definition) is 5. The number of hydrogen-bond acceptors (Lipinski definition) is 7. The monoisotopic (exact) mass is 388 g/mol. The molecule has 2 heterocycles. The first-order chi connectivity index (χ1) is 14.3. The molecule has 0 saturated heterocycles. The van der Waals surface area contributed by atoms with Crippen molar-refractivity contribution in [3.8, 4) is 0 Å². The molecule has 0 fully saturated rings. The molecule has 8 nitrogen and oxygen atoms in total. The van der Waals surface area contributed by atoms with Crippen molar-refractivity contribution >= 4 is 34.4 Å². The second-order valence-corrected chi connectivity index (χ2v) is 6.60. The quantitative estimate of drug-likeness (QED) is 0.280. The van der Waals surface area contributed by atoms with Gasteiger partial charge in [0, 0.05) is 42.4 Å². The molecule has 0 radical (unpaired) electrons. The lowest BCUT2D eigenvalue weighted by Crippen LogP contribution is -2.17. The van der Waals surface area contributed by atoms with Crippen LogP contribution in [-0.2, 0) is 6.42 Å². The molecule has 0 atom stereocenters. The Morgan fingerprint density at radius 2 is 1.45 bits per heavy atom. The van der Waals surface area contributed by atoms with Gasteiger partial charge in [0.1, 0.15) is 0 Å². The van der Waals surface area contributed by atoms with Gasteiger partial charge in [0.25, 0.3) is 0 Å². The number of para-hydroxylation sites is 2. The average Bonchev–Trinajstić information content (AvgIpc) is 3.15. The van der Waals surface area contributed by atoms with Crippen molar-refractivity contribution in [3.05, 3.63) is 66.4 Å². The van der Waals surface area contributed by atoms with Gasteiger partial charge in [0.05, 0.1) is 0 Å². The Kier molecular flexibility index (Phi) is 5.70. The van der Waals surface area contributed by atoms with E-state index in [1.54, 1.807) is 0 Å². The number of benzene rings is 2. The predicted molar refractivity (Wildman–Crippen MR) is 118 cm³/mol. The SMILES string of the molecule is Nc1nc(NCCNc2ccccc2)nc(NCCc2c[nH]c3ccccc23)n1. The summed E-state index contributed by atoms with van der Waals surface area (Å²) in [4.78, 5) is 16.0. The van der Waals surface area contributed by atoms with Crippen molar-refractivity contribution < 1.29 is 0 Å². The minimum atomic E-state index is 0.188. The van der Waals surface area contributed by atoms with Crippen molar-refractivity contribution in [3.63, 3.8) is 0 Å². The minimum Gasteiger partial charge on any atom is -0.383 e. The van der Waals surface area contributed by atoms with Crippen LogP contribution in [0.2, 0.25) is 0 Å². The van der Waals surface area contributed by atoms with Gasteiger partial charge in [-0.3, -0.25) is 0 Å². The number of nitrogens with zero attached hydrogens (tertiary/aromatic N) is 3. The summed E-state index contributed by atoms with van der Waals surface area (Å²) in [6, 6.07) is 18.3. The number of H-pyrrole nitrogens is 1. The van der Waals surface area contributed by atoms with Gasteiger partial charge in [-0.25, -0.2) is 0 Å². The van der Waals surface area contributed by atoms with Gasteiger partial charge in [-0.2, -0.15) is 15.0 Å². The maximum Gasteiger partial charge on any atom is 0.229 e. The lowest BCUT2D eigenvalue weighted by molar-refractivity contribution is 0.959. The summed E-state index contributed by atoms with van der Waals surface area (Å²) in [6.45, 7) is 2.09. The van der Waals surface area contributed by atoms with E-state index < -0.39 is 0 Å². The first kappa shape index (κ1) is 18.5. The fourth-order valence-electron chi connectivity index (χ4n) is 3.14. The molecule has 0 aliphatic carbocycles. The first-order valence-corrected chi connectivity index (χ1v) is 9.61. The lowest BCUT2D eigenvalue weighted by Gasteiger charge is -2.10. The highest BCUT2D eigenvalue weighted by Gasteiger charge is 2.06. The second-order valence-electron chi connectivity index (χ2n) is 6.60. The van der Waals surface area contributed by atoms with E-state index in [0.29, 0.717) is 25.0 Å². The maximum atomic E-state index is 5.83. The lowest BCUT2D eigenvalue weighted by atomic mass is 10.1.